The molecule has 2 atom stereocenters. The van der Waals surface area contributed by atoms with E-state index in [0.29, 0.717) is 12.5 Å². The first-order valence-corrected chi connectivity index (χ1v) is 8.05. The zero-order valence-corrected chi connectivity index (χ0v) is 13.2. The van der Waals surface area contributed by atoms with Crippen LogP contribution >= 0.6 is 11.3 Å². The number of hydrogen-bond acceptors (Lipinski definition) is 3. The van der Waals surface area contributed by atoms with Crippen molar-refractivity contribution >= 4 is 11.3 Å². The third-order valence-electron chi connectivity index (χ3n) is 3.74. The average Bonchev–Trinajstić information content (AvgIpc) is 2.90. The second-order valence-corrected chi connectivity index (χ2v) is 6.10. The first kappa shape index (κ1) is 15.1. The Bertz CT molecular complexity index is 549. The Morgan fingerprint density at radius 2 is 2.00 bits per heavy atom. The van der Waals surface area contributed by atoms with E-state index in [1.807, 2.05) is 12.1 Å². The molecule has 0 aliphatic carbocycles. The number of hydrogen-bond donors (Lipinski definition) is 1. The van der Waals surface area contributed by atoms with Crippen LogP contribution in [0.1, 0.15) is 48.3 Å². The Labute approximate surface area is 125 Å². The van der Waals surface area contributed by atoms with E-state index in [-0.39, 0.29) is 6.10 Å². The first-order chi connectivity index (χ1) is 9.67. The fourth-order valence-corrected chi connectivity index (χ4v) is 3.26. The molecule has 0 fully saturated rings. The quantitative estimate of drug-likeness (QED) is 0.840. The van der Waals surface area contributed by atoms with Crippen molar-refractivity contribution in [3.63, 3.8) is 0 Å². The first-order valence-electron chi connectivity index (χ1n) is 7.17. The van der Waals surface area contributed by atoms with Gasteiger partial charge in [-0.05, 0) is 47.9 Å². The number of para-hydroxylation sites is 1. The zero-order chi connectivity index (χ0) is 14.5. The number of thiophene rings is 1. The SMILES string of the molecule is CCC(C)c1ccccc1OC(CN)c1sccc1C. The molecule has 1 aromatic heterocycles. The lowest BCUT2D eigenvalue weighted by Crippen LogP contribution is -2.19. The highest BCUT2D eigenvalue weighted by molar-refractivity contribution is 7.10. The van der Waals surface area contributed by atoms with Crippen LogP contribution in [0.15, 0.2) is 35.7 Å². The van der Waals surface area contributed by atoms with Crippen LogP contribution in [0.25, 0.3) is 0 Å². The molecule has 2 rings (SSSR count). The van der Waals surface area contributed by atoms with E-state index < -0.39 is 0 Å². The van der Waals surface area contributed by atoms with Crippen LogP contribution in [0, 0.1) is 6.92 Å². The summed E-state index contributed by atoms with van der Waals surface area (Å²) in [5.74, 6) is 1.46. The molecule has 0 spiro atoms. The van der Waals surface area contributed by atoms with Gasteiger partial charge in [0.05, 0.1) is 0 Å². The molecule has 2 aromatic rings. The van der Waals surface area contributed by atoms with Gasteiger partial charge in [-0.1, -0.05) is 32.0 Å². The molecule has 2 unspecified atom stereocenters. The normalized spacial score (nSPS) is 14.0. The molecule has 2 N–H and O–H groups in total. The van der Waals surface area contributed by atoms with Crippen molar-refractivity contribution in [1.82, 2.24) is 0 Å². The predicted molar refractivity (Wildman–Crippen MR) is 86.6 cm³/mol. The molecule has 20 heavy (non-hydrogen) atoms. The number of benzene rings is 1. The monoisotopic (exact) mass is 289 g/mol. The summed E-state index contributed by atoms with van der Waals surface area (Å²) >= 11 is 1.72. The van der Waals surface area contributed by atoms with Crippen LogP contribution in [-0.2, 0) is 0 Å². The zero-order valence-electron chi connectivity index (χ0n) is 12.4. The van der Waals surface area contributed by atoms with E-state index >= 15 is 0 Å². The van der Waals surface area contributed by atoms with Crippen molar-refractivity contribution in [1.29, 1.82) is 0 Å². The lowest BCUT2D eigenvalue weighted by molar-refractivity contribution is 0.214. The minimum Gasteiger partial charge on any atom is -0.483 e. The van der Waals surface area contributed by atoms with E-state index in [9.17, 15) is 0 Å². The van der Waals surface area contributed by atoms with Gasteiger partial charge in [-0.2, -0.15) is 0 Å². The van der Waals surface area contributed by atoms with Gasteiger partial charge in [0.2, 0.25) is 0 Å². The molecule has 0 saturated carbocycles. The Morgan fingerprint density at radius 3 is 2.60 bits per heavy atom. The predicted octanol–water partition coefficient (Wildman–Crippen LogP) is 4.65. The van der Waals surface area contributed by atoms with Crippen molar-refractivity contribution in [3.8, 4) is 5.75 Å². The summed E-state index contributed by atoms with van der Waals surface area (Å²) in [6.45, 7) is 7.04. The number of nitrogens with two attached hydrogens (primary N) is 1. The summed E-state index contributed by atoms with van der Waals surface area (Å²) in [7, 11) is 0. The Balaban J connectivity index is 2.26. The molecule has 108 valence electrons. The van der Waals surface area contributed by atoms with Crippen LogP contribution < -0.4 is 10.5 Å². The van der Waals surface area contributed by atoms with Gasteiger partial charge in [0.15, 0.2) is 0 Å². The number of aryl methyl sites for hydroxylation is 1. The lowest BCUT2D eigenvalue weighted by atomic mass is 9.98. The summed E-state index contributed by atoms with van der Waals surface area (Å²) in [5, 5.41) is 2.09. The second kappa shape index (κ2) is 6.91. The van der Waals surface area contributed by atoms with Gasteiger partial charge in [-0.3, -0.25) is 0 Å². The Kier molecular flexibility index (Phi) is 5.21. The molecular formula is C17H23NOS. The van der Waals surface area contributed by atoms with E-state index in [1.54, 1.807) is 11.3 Å². The maximum Gasteiger partial charge on any atom is 0.145 e. The molecule has 1 aromatic carbocycles. The summed E-state index contributed by atoms with van der Waals surface area (Å²) < 4.78 is 6.23. The minimum absolute atomic E-state index is 0.0554. The van der Waals surface area contributed by atoms with Crippen LogP contribution in [0.4, 0.5) is 0 Å². The summed E-state index contributed by atoms with van der Waals surface area (Å²) in [5.41, 5.74) is 8.44. The topological polar surface area (TPSA) is 35.2 Å². The molecule has 1 heterocycles. The molecule has 0 radical (unpaired) electrons. The van der Waals surface area contributed by atoms with E-state index in [0.717, 1.165) is 12.2 Å². The fraction of sp³-hybridized carbons (Fsp3) is 0.412. The van der Waals surface area contributed by atoms with Gasteiger partial charge in [-0.25, -0.2) is 0 Å². The van der Waals surface area contributed by atoms with Crippen LogP contribution in [0.3, 0.4) is 0 Å². The maximum atomic E-state index is 6.23. The van der Waals surface area contributed by atoms with Gasteiger partial charge < -0.3 is 10.5 Å². The van der Waals surface area contributed by atoms with Crippen molar-refractivity contribution in [3.05, 3.63) is 51.7 Å². The molecular weight excluding hydrogens is 266 g/mol. The molecule has 0 amide bonds. The van der Waals surface area contributed by atoms with Gasteiger partial charge in [0.25, 0.3) is 0 Å². The third-order valence-corrected chi connectivity index (χ3v) is 4.85. The van der Waals surface area contributed by atoms with Crippen molar-refractivity contribution < 1.29 is 4.74 Å². The second-order valence-electron chi connectivity index (χ2n) is 5.16. The van der Waals surface area contributed by atoms with Gasteiger partial charge in [0, 0.05) is 11.4 Å². The van der Waals surface area contributed by atoms with Crippen LogP contribution in [-0.4, -0.2) is 6.54 Å². The van der Waals surface area contributed by atoms with Crippen LogP contribution in [0.2, 0.25) is 0 Å². The molecule has 0 bridgehead atoms. The highest BCUT2D eigenvalue weighted by Crippen LogP contribution is 2.33. The van der Waals surface area contributed by atoms with Gasteiger partial charge in [-0.15, -0.1) is 11.3 Å². The standard InChI is InChI=1S/C17H23NOS/c1-4-12(2)14-7-5-6-8-15(14)19-16(11-18)17-13(3)9-10-20-17/h5-10,12,16H,4,11,18H2,1-3H3. The van der Waals surface area contributed by atoms with E-state index in [2.05, 4.69) is 44.4 Å². The molecule has 0 aliphatic heterocycles. The maximum absolute atomic E-state index is 6.23. The summed E-state index contributed by atoms with van der Waals surface area (Å²) in [4.78, 5) is 1.23. The molecule has 3 heteroatoms. The minimum atomic E-state index is -0.0554. The van der Waals surface area contributed by atoms with Crippen molar-refractivity contribution in [2.75, 3.05) is 6.54 Å². The Morgan fingerprint density at radius 1 is 1.25 bits per heavy atom. The highest BCUT2D eigenvalue weighted by atomic mass is 32.1. The van der Waals surface area contributed by atoms with E-state index in [4.69, 9.17) is 10.5 Å². The molecule has 0 aliphatic rings. The Hall–Kier alpha value is -1.32. The lowest BCUT2D eigenvalue weighted by Gasteiger charge is -2.21. The van der Waals surface area contributed by atoms with Crippen molar-refractivity contribution in [2.45, 2.75) is 39.2 Å². The van der Waals surface area contributed by atoms with Crippen LogP contribution in [0.5, 0.6) is 5.75 Å². The molecule has 2 nitrogen and oxygen atoms in total. The third kappa shape index (κ3) is 3.22. The summed E-state index contributed by atoms with van der Waals surface area (Å²) in [6.07, 6.45) is 1.05. The van der Waals surface area contributed by atoms with Crippen molar-refractivity contribution in [2.24, 2.45) is 5.73 Å². The van der Waals surface area contributed by atoms with Gasteiger partial charge in [0.1, 0.15) is 11.9 Å². The summed E-state index contributed by atoms with van der Waals surface area (Å²) in [6, 6.07) is 10.4. The number of ether oxygens (including phenoxy) is 1. The highest BCUT2D eigenvalue weighted by Gasteiger charge is 2.18. The molecule has 0 saturated heterocycles. The van der Waals surface area contributed by atoms with E-state index in [1.165, 1.54) is 16.0 Å². The average molecular weight is 289 g/mol. The van der Waals surface area contributed by atoms with Gasteiger partial charge >= 0.3 is 0 Å². The largest absolute Gasteiger partial charge is 0.483 e. The smallest absolute Gasteiger partial charge is 0.145 e. The number of rotatable bonds is 6. The fourth-order valence-electron chi connectivity index (χ4n) is 2.29.